The highest BCUT2D eigenvalue weighted by Crippen LogP contribution is 2.36. The maximum absolute atomic E-state index is 12.2. The molecule has 0 N–H and O–H groups in total. The number of anilines is 1. The van der Waals surface area contributed by atoms with Crippen LogP contribution in [0.1, 0.15) is 25.0 Å². The molecular formula is C13H17NO3S. The van der Waals surface area contributed by atoms with Crippen molar-refractivity contribution in [2.24, 2.45) is 5.41 Å². The maximum atomic E-state index is 12.2. The van der Waals surface area contributed by atoms with E-state index in [0.29, 0.717) is 5.69 Å². The number of nitrogens with zero attached hydrogens (tertiary/aromatic N) is 1. The molecule has 5 heteroatoms. The van der Waals surface area contributed by atoms with E-state index in [2.05, 4.69) is 0 Å². The van der Waals surface area contributed by atoms with Gasteiger partial charge in [0, 0.05) is 0 Å². The van der Waals surface area contributed by atoms with Gasteiger partial charge < -0.3 is 0 Å². The van der Waals surface area contributed by atoms with E-state index in [0.717, 1.165) is 15.4 Å². The van der Waals surface area contributed by atoms with Crippen molar-refractivity contribution in [3.8, 4) is 0 Å². The van der Waals surface area contributed by atoms with Gasteiger partial charge in [-0.05, 0) is 51.0 Å². The lowest BCUT2D eigenvalue weighted by molar-refractivity contribution is -0.123. The molecule has 4 nitrogen and oxygen atoms in total. The van der Waals surface area contributed by atoms with Crippen LogP contribution in [0.25, 0.3) is 0 Å². The molecule has 1 saturated heterocycles. The molecule has 18 heavy (non-hydrogen) atoms. The summed E-state index contributed by atoms with van der Waals surface area (Å²) in [5, 5.41) is 0. The Balaban J connectivity index is 2.60. The molecule has 1 amide bonds. The molecule has 0 aliphatic carbocycles. The van der Waals surface area contributed by atoms with Crippen LogP contribution >= 0.6 is 0 Å². The molecule has 0 atom stereocenters. The molecule has 0 spiro atoms. The summed E-state index contributed by atoms with van der Waals surface area (Å²) in [7, 11) is -3.55. The minimum atomic E-state index is -3.55. The van der Waals surface area contributed by atoms with E-state index in [1.54, 1.807) is 26.0 Å². The number of carbonyl (C=O) groups is 1. The van der Waals surface area contributed by atoms with E-state index in [-0.39, 0.29) is 11.7 Å². The smallest absolute Gasteiger partial charge is 0.247 e. The van der Waals surface area contributed by atoms with Crippen molar-refractivity contribution in [1.82, 2.24) is 0 Å². The highest BCUT2D eigenvalue weighted by atomic mass is 32.2. The first-order valence-electron chi connectivity index (χ1n) is 5.79. The Bertz CT molecular complexity index is 597. The van der Waals surface area contributed by atoms with E-state index in [9.17, 15) is 13.2 Å². The van der Waals surface area contributed by atoms with Gasteiger partial charge in [-0.2, -0.15) is 0 Å². The number of carbonyl (C=O) groups excluding carboxylic acids is 1. The predicted octanol–water partition coefficient (Wildman–Crippen LogP) is 2.01. The topological polar surface area (TPSA) is 54.5 Å². The lowest BCUT2D eigenvalue weighted by atomic mass is 9.95. The van der Waals surface area contributed by atoms with Gasteiger partial charge in [0.2, 0.25) is 15.9 Å². The molecule has 1 aromatic carbocycles. The average Bonchev–Trinajstić information content (AvgIpc) is 2.28. The molecule has 0 bridgehead atoms. The van der Waals surface area contributed by atoms with E-state index in [4.69, 9.17) is 0 Å². The number of amides is 1. The van der Waals surface area contributed by atoms with Gasteiger partial charge in [0.15, 0.2) is 0 Å². The highest BCUT2D eigenvalue weighted by Gasteiger charge is 2.49. The van der Waals surface area contributed by atoms with Crippen LogP contribution < -0.4 is 4.31 Å². The second kappa shape index (κ2) is 3.82. The molecule has 0 aromatic heterocycles. The Kier molecular flexibility index (Phi) is 2.77. The SMILES string of the molecule is Cc1cc(C)cc(N2C(=O)C(C)(C)CS2(=O)=O)c1. The third-order valence-electron chi connectivity index (χ3n) is 3.03. The van der Waals surface area contributed by atoms with E-state index in [1.165, 1.54) is 0 Å². The molecule has 2 rings (SSSR count). The standard InChI is InChI=1S/C13H17NO3S/c1-9-5-10(2)7-11(6-9)14-12(15)13(3,4)8-18(14,16)17/h5-7H,8H2,1-4H3. The zero-order valence-electron chi connectivity index (χ0n) is 11.0. The minimum Gasteiger partial charge on any atom is -0.273 e. The molecule has 1 aliphatic rings. The van der Waals surface area contributed by atoms with Crippen LogP contribution in [0.15, 0.2) is 18.2 Å². The Morgan fingerprint density at radius 2 is 1.61 bits per heavy atom. The first-order valence-corrected chi connectivity index (χ1v) is 7.40. The molecule has 0 saturated carbocycles. The lowest BCUT2D eigenvalue weighted by Crippen LogP contribution is -2.33. The summed E-state index contributed by atoms with van der Waals surface area (Å²) in [6, 6.07) is 5.40. The van der Waals surface area contributed by atoms with Gasteiger partial charge in [0.05, 0.1) is 16.9 Å². The van der Waals surface area contributed by atoms with Gasteiger partial charge in [-0.1, -0.05) is 6.07 Å². The molecule has 1 aliphatic heterocycles. The Morgan fingerprint density at radius 3 is 2.00 bits per heavy atom. The van der Waals surface area contributed by atoms with Crippen molar-refractivity contribution in [1.29, 1.82) is 0 Å². The molecule has 1 aromatic rings. The molecule has 0 radical (unpaired) electrons. The van der Waals surface area contributed by atoms with Gasteiger partial charge in [-0.3, -0.25) is 4.79 Å². The Hall–Kier alpha value is -1.36. The summed E-state index contributed by atoms with van der Waals surface area (Å²) >= 11 is 0. The van der Waals surface area contributed by atoms with Gasteiger partial charge in [-0.15, -0.1) is 0 Å². The average molecular weight is 267 g/mol. The number of rotatable bonds is 1. The van der Waals surface area contributed by atoms with Crippen LogP contribution in [0.5, 0.6) is 0 Å². The number of benzene rings is 1. The predicted molar refractivity (Wildman–Crippen MR) is 71.0 cm³/mol. The molecule has 1 fully saturated rings. The second-order valence-electron chi connectivity index (χ2n) is 5.56. The fraction of sp³-hybridized carbons (Fsp3) is 0.462. The van der Waals surface area contributed by atoms with Gasteiger partial charge >= 0.3 is 0 Å². The summed E-state index contributed by atoms with van der Waals surface area (Å²) in [6.45, 7) is 7.09. The largest absolute Gasteiger partial charge is 0.273 e. The first kappa shape index (κ1) is 13.1. The van der Waals surface area contributed by atoms with Crippen LogP contribution in [0.4, 0.5) is 5.69 Å². The van der Waals surface area contributed by atoms with E-state index >= 15 is 0 Å². The van der Waals surface area contributed by atoms with Gasteiger partial charge in [0.25, 0.3) is 0 Å². The molecule has 98 valence electrons. The van der Waals surface area contributed by atoms with Crippen molar-refractivity contribution in [2.75, 3.05) is 10.1 Å². The fourth-order valence-corrected chi connectivity index (χ4v) is 4.42. The van der Waals surface area contributed by atoms with Crippen molar-refractivity contribution in [2.45, 2.75) is 27.7 Å². The van der Waals surface area contributed by atoms with E-state index in [1.807, 2.05) is 19.9 Å². The number of aryl methyl sites for hydroxylation is 2. The maximum Gasteiger partial charge on any atom is 0.247 e. The Labute approximate surface area is 108 Å². The highest BCUT2D eigenvalue weighted by molar-refractivity contribution is 7.94. The minimum absolute atomic E-state index is 0.133. The normalized spacial score (nSPS) is 21.3. The Morgan fingerprint density at radius 1 is 1.11 bits per heavy atom. The molecule has 1 heterocycles. The van der Waals surface area contributed by atoms with Crippen molar-refractivity contribution in [3.05, 3.63) is 29.3 Å². The first-order chi connectivity index (χ1) is 8.13. The van der Waals surface area contributed by atoms with Gasteiger partial charge in [-0.25, -0.2) is 12.7 Å². The summed E-state index contributed by atoms with van der Waals surface area (Å²) in [5.74, 6) is -0.487. The third kappa shape index (κ3) is 2.03. The van der Waals surface area contributed by atoms with Crippen molar-refractivity contribution >= 4 is 21.6 Å². The summed E-state index contributed by atoms with van der Waals surface area (Å²) < 4.78 is 25.2. The zero-order valence-corrected chi connectivity index (χ0v) is 11.8. The van der Waals surface area contributed by atoms with Crippen LogP contribution in [0.3, 0.4) is 0 Å². The quantitative estimate of drug-likeness (QED) is 0.782. The van der Waals surface area contributed by atoms with Gasteiger partial charge in [0.1, 0.15) is 0 Å². The van der Waals surface area contributed by atoms with Crippen LogP contribution in [-0.4, -0.2) is 20.1 Å². The third-order valence-corrected chi connectivity index (χ3v) is 5.05. The number of hydrogen-bond donors (Lipinski definition) is 0. The number of hydrogen-bond acceptors (Lipinski definition) is 3. The monoisotopic (exact) mass is 267 g/mol. The van der Waals surface area contributed by atoms with Crippen molar-refractivity contribution < 1.29 is 13.2 Å². The second-order valence-corrected chi connectivity index (χ2v) is 7.37. The summed E-state index contributed by atoms with van der Waals surface area (Å²) in [6.07, 6.45) is 0. The van der Waals surface area contributed by atoms with Crippen LogP contribution in [0.2, 0.25) is 0 Å². The summed E-state index contributed by atoms with van der Waals surface area (Å²) in [5.41, 5.74) is 1.48. The summed E-state index contributed by atoms with van der Waals surface area (Å²) in [4.78, 5) is 12.2. The fourth-order valence-electron chi connectivity index (χ4n) is 2.33. The lowest BCUT2D eigenvalue weighted by Gasteiger charge is -2.18. The van der Waals surface area contributed by atoms with Crippen LogP contribution in [-0.2, 0) is 14.8 Å². The molecule has 0 unspecified atom stereocenters. The molecular weight excluding hydrogens is 250 g/mol. The van der Waals surface area contributed by atoms with Crippen molar-refractivity contribution in [3.63, 3.8) is 0 Å². The van der Waals surface area contributed by atoms with E-state index < -0.39 is 15.4 Å². The number of sulfonamides is 1. The zero-order chi connectivity index (χ0) is 13.7. The van der Waals surface area contributed by atoms with Crippen LogP contribution in [0, 0.1) is 19.3 Å².